The summed E-state index contributed by atoms with van der Waals surface area (Å²) in [6, 6.07) is 6.13. The van der Waals surface area contributed by atoms with Gasteiger partial charge in [-0.3, -0.25) is 4.90 Å². The summed E-state index contributed by atoms with van der Waals surface area (Å²) in [4.78, 5) is 27.8. The zero-order chi connectivity index (χ0) is 28.6. The van der Waals surface area contributed by atoms with Crippen molar-refractivity contribution in [1.29, 1.82) is 0 Å². The number of sulfonamides is 1. The van der Waals surface area contributed by atoms with Crippen LogP contribution in [0, 0.1) is 17.7 Å². The number of rotatable bonds is 8. The first-order chi connectivity index (χ1) is 19.2. The van der Waals surface area contributed by atoms with E-state index in [1.54, 1.807) is 12.1 Å². The van der Waals surface area contributed by atoms with Gasteiger partial charge in [0.25, 0.3) is 10.0 Å². The number of aliphatic hydroxyl groups excluding tert-OH is 1. The van der Waals surface area contributed by atoms with Crippen molar-refractivity contribution >= 4 is 33.8 Å². The van der Waals surface area contributed by atoms with Gasteiger partial charge in [0.1, 0.15) is 17.1 Å². The number of fused-ring (bicyclic) bond motifs is 3. The van der Waals surface area contributed by atoms with E-state index in [1.807, 2.05) is 0 Å². The number of aliphatic hydroxyl groups is 1. The second-order valence-corrected chi connectivity index (χ2v) is 12.0. The smallest absolute Gasteiger partial charge is 0.428 e. The van der Waals surface area contributed by atoms with E-state index in [1.165, 1.54) is 12.1 Å². The van der Waals surface area contributed by atoms with Crippen LogP contribution < -0.4 is 9.04 Å². The van der Waals surface area contributed by atoms with Crippen LogP contribution in [0.25, 0.3) is 6.08 Å². The van der Waals surface area contributed by atoms with Gasteiger partial charge in [-0.2, -0.15) is 4.31 Å². The molecule has 1 saturated carbocycles. The number of amides is 1. The van der Waals surface area contributed by atoms with E-state index >= 15 is 0 Å². The van der Waals surface area contributed by atoms with Crippen LogP contribution in [0.2, 0.25) is 0 Å². The van der Waals surface area contributed by atoms with Gasteiger partial charge in [0.2, 0.25) is 0 Å². The van der Waals surface area contributed by atoms with Crippen molar-refractivity contribution in [3.8, 4) is 5.75 Å². The van der Waals surface area contributed by atoms with Crippen molar-refractivity contribution in [2.24, 2.45) is 11.8 Å². The molecule has 1 saturated heterocycles. The molecular formula is C28H31FN2O8S. The summed E-state index contributed by atoms with van der Waals surface area (Å²) in [6.45, 7) is 2.39. The van der Waals surface area contributed by atoms with Gasteiger partial charge >= 0.3 is 12.1 Å². The van der Waals surface area contributed by atoms with Crippen molar-refractivity contribution in [2.75, 3.05) is 51.4 Å². The maximum Gasteiger partial charge on any atom is 0.428 e. The van der Waals surface area contributed by atoms with Crippen molar-refractivity contribution in [3.63, 3.8) is 0 Å². The van der Waals surface area contributed by atoms with Crippen molar-refractivity contribution in [1.82, 2.24) is 4.90 Å². The van der Waals surface area contributed by atoms with Crippen LogP contribution in [0.3, 0.4) is 0 Å². The zero-order valence-electron chi connectivity index (χ0n) is 22.2. The SMILES string of the molecule is COC(=O)c1c(N(C(=O)OC)S(=O)(=O)c2ccc(F)cc2/C=C\CN2CC[C@H](CO)C2)ccc2c1OC[C@@H]1C[C@H]21. The first-order valence-corrected chi connectivity index (χ1v) is 14.4. The van der Waals surface area contributed by atoms with Gasteiger partial charge in [-0.1, -0.05) is 18.2 Å². The summed E-state index contributed by atoms with van der Waals surface area (Å²) in [7, 11) is -2.57. The predicted molar refractivity (Wildman–Crippen MR) is 143 cm³/mol. The molecular weight excluding hydrogens is 543 g/mol. The molecule has 0 spiro atoms. The Bertz CT molecular complexity index is 1460. The number of benzene rings is 2. The molecule has 3 aliphatic rings. The maximum absolute atomic E-state index is 14.3. The minimum Gasteiger partial charge on any atom is -0.492 e. The third kappa shape index (κ3) is 5.18. The molecule has 2 aromatic rings. The van der Waals surface area contributed by atoms with Crippen LogP contribution in [0.4, 0.5) is 14.9 Å². The zero-order valence-corrected chi connectivity index (χ0v) is 23.0. The number of likely N-dealkylation sites (tertiary alicyclic amines) is 1. The number of carbonyl (C=O) groups excluding carboxylic acids is 2. The summed E-state index contributed by atoms with van der Waals surface area (Å²) in [5.41, 5.74) is 0.272. The van der Waals surface area contributed by atoms with E-state index in [4.69, 9.17) is 14.2 Å². The fourth-order valence-electron chi connectivity index (χ4n) is 5.46. The van der Waals surface area contributed by atoms with Gasteiger partial charge in [-0.25, -0.2) is 22.4 Å². The number of hydrogen-bond donors (Lipinski definition) is 1. The maximum atomic E-state index is 14.3. The molecule has 0 aromatic heterocycles. The Morgan fingerprint density at radius 1 is 1.23 bits per heavy atom. The highest BCUT2D eigenvalue weighted by Crippen LogP contribution is 2.56. The quantitative estimate of drug-likeness (QED) is 0.473. The number of halogens is 1. The monoisotopic (exact) mass is 574 g/mol. The molecule has 2 aliphatic heterocycles. The summed E-state index contributed by atoms with van der Waals surface area (Å²) < 4.78 is 58.6. The van der Waals surface area contributed by atoms with E-state index in [9.17, 15) is 27.5 Å². The van der Waals surface area contributed by atoms with Crippen molar-refractivity contribution < 1.29 is 41.7 Å². The molecule has 2 fully saturated rings. The van der Waals surface area contributed by atoms with Crippen LogP contribution in [0.1, 0.15) is 40.2 Å². The summed E-state index contributed by atoms with van der Waals surface area (Å²) >= 11 is 0. The number of ether oxygens (including phenoxy) is 3. The van der Waals surface area contributed by atoms with Gasteiger partial charge in [-0.05, 0) is 66.6 Å². The average molecular weight is 575 g/mol. The lowest BCUT2D eigenvalue weighted by molar-refractivity contribution is 0.0596. The first-order valence-electron chi connectivity index (χ1n) is 13.0. The Kier molecular flexibility index (Phi) is 7.85. The van der Waals surface area contributed by atoms with Gasteiger partial charge in [0, 0.05) is 25.6 Å². The highest BCUT2D eigenvalue weighted by atomic mass is 32.2. The minimum atomic E-state index is -4.74. The molecule has 0 bridgehead atoms. The van der Waals surface area contributed by atoms with E-state index in [2.05, 4.69) is 4.90 Å². The van der Waals surface area contributed by atoms with E-state index in [-0.39, 0.29) is 45.9 Å². The van der Waals surface area contributed by atoms with Gasteiger partial charge in [0.05, 0.1) is 31.4 Å². The summed E-state index contributed by atoms with van der Waals surface area (Å²) in [6.07, 6.45) is 3.65. The lowest BCUT2D eigenvalue weighted by Gasteiger charge is -2.27. The Balaban J connectivity index is 1.56. The Hall–Kier alpha value is -3.48. The van der Waals surface area contributed by atoms with Crippen LogP contribution in [-0.4, -0.2) is 77.6 Å². The number of carbonyl (C=O) groups is 2. The molecule has 2 aromatic carbocycles. The van der Waals surface area contributed by atoms with Crippen molar-refractivity contribution in [2.45, 2.75) is 23.7 Å². The van der Waals surface area contributed by atoms with Crippen LogP contribution >= 0.6 is 0 Å². The highest BCUT2D eigenvalue weighted by molar-refractivity contribution is 7.93. The lowest BCUT2D eigenvalue weighted by Crippen LogP contribution is -2.38. The van der Waals surface area contributed by atoms with Crippen LogP contribution in [0.15, 0.2) is 41.3 Å². The molecule has 1 amide bonds. The number of hydrogen-bond acceptors (Lipinski definition) is 9. The average Bonchev–Trinajstić information content (AvgIpc) is 3.61. The Morgan fingerprint density at radius 3 is 2.73 bits per heavy atom. The van der Waals surface area contributed by atoms with Crippen molar-refractivity contribution in [3.05, 3.63) is 58.9 Å². The fraction of sp³-hybridized carbons (Fsp3) is 0.429. The highest BCUT2D eigenvalue weighted by Gasteiger charge is 2.47. The van der Waals surface area contributed by atoms with E-state index in [0.29, 0.717) is 29.9 Å². The second-order valence-electron chi connectivity index (χ2n) is 10.2. The Morgan fingerprint density at radius 2 is 2.02 bits per heavy atom. The van der Waals surface area contributed by atoms with E-state index < -0.39 is 27.9 Å². The second kappa shape index (κ2) is 11.2. The summed E-state index contributed by atoms with van der Waals surface area (Å²) in [5.74, 6) is -0.669. The molecule has 1 aliphatic carbocycles. The largest absolute Gasteiger partial charge is 0.492 e. The third-order valence-corrected chi connectivity index (χ3v) is 9.41. The minimum absolute atomic E-state index is 0.0152. The lowest BCUT2D eigenvalue weighted by atomic mass is 10.00. The predicted octanol–water partition coefficient (Wildman–Crippen LogP) is 3.40. The standard InChI is InChI=1S/C28H31FN2O8S/c1-37-27(33)25-23(7-6-21-22-13-19(22)16-39-26(21)25)31(28(34)38-2)40(35,36)24-8-5-20(29)12-18(24)4-3-10-30-11-9-17(14-30)15-32/h3-8,12,17,19,22,32H,9-11,13-16H2,1-2H3/b4-3-/t17-,19-,22-/m0/s1. The summed E-state index contributed by atoms with van der Waals surface area (Å²) in [5, 5.41) is 9.37. The molecule has 3 atom stereocenters. The molecule has 12 heteroatoms. The van der Waals surface area contributed by atoms with E-state index in [0.717, 1.165) is 57.4 Å². The molecule has 40 heavy (non-hydrogen) atoms. The normalized spacial score (nSPS) is 21.9. The molecule has 10 nitrogen and oxygen atoms in total. The molecule has 0 radical (unpaired) electrons. The fourth-order valence-corrected chi connectivity index (χ4v) is 7.00. The molecule has 214 valence electrons. The van der Waals surface area contributed by atoms with Gasteiger partial charge in [0.15, 0.2) is 0 Å². The van der Waals surface area contributed by atoms with Crippen LogP contribution in [-0.2, 0) is 19.5 Å². The molecule has 2 heterocycles. The first kappa shape index (κ1) is 28.1. The number of nitrogens with zero attached hydrogens (tertiary/aromatic N) is 2. The molecule has 0 unspecified atom stereocenters. The Labute approximate surface area is 232 Å². The number of esters is 1. The van der Waals surface area contributed by atoms with Crippen LogP contribution in [0.5, 0.6) is 5.75 Å². The number of methoxy groups -OCH3 is 2. The topological polar surface area (TPSA) is 123 Å². The van der Waals surface area contributed by atoms with Gasteiger partial charge < -0.3 is 19.3 Å². The third-order valence-electron chi connectivity index (χ3n) is 7.66. The number of anilines is 1. The molecule has 5 rings (SSSR count). The molecule has 1 N–H and O–H groups in total. The van der Waals surface area contributed by atoms with Gasteiger partial charge in [-0.15, -0.1) is 0 Å².